The van der Waals surface area contributed by atoms with Gasteiger partial charge in [0, 0.05) is 23.6 Å². The van der Waals surface area contributed by atoms with Gasteiger partial charge in [0.05, 0.1) is 11.8 Å². The van der Waals surface area contributed by atoms with E-state index in [1.165, 1.54) is 5.57 Å². The molecule has 0 aromatic heterocycles. The first-order chi connectivity index (χ1) is 11.3. The van der Waals surface area contributed by atoms with Crippen molar-refractivity contribution >= 4 is 27.7 Å². The molecule has 0 aliphatic carbocycles. The van der Waals surface area contributed by atoms with E-state index in [1.54, 1.807) is 0 Å². The number of rotatable bonds is 2. The standard InChI is InChI=1S/C19H23BrN2O2/c1-19(2,3)24-18(23)22-10-4-5-17(22)14-11-16(21-12-14)13-6-8-15(20)9-7-13/h6-9,12,17H,4-5,10-11H2,1-3H3. The van der Waals surface area contributed by atoms with Gasteiger partial charge in [-0.15, -0.1) is 0 Å². The van der Waals surface area contributed by atoms with Crippen LogP contribution in [0.5, 0.6) is 0 Å². The number of nitrogens with zero attached hydrogens (tertiary/aromatic N) is 2. The Kier molecular flexibility index (Phi) is 4.81. The second-order valence-electron chi connectivity index (χ2n) is 7.30. The number of hydrogen-bond donors (Lipinski definition) is 0. The number of likely N-dealkylation sites (tertiary alicyclic amines) is 1. The third kappa shape index (κ3) is 3.89. The molecule has 0 saturated carbocycles. The fourth-order valence-corrected chi connectivity index (χ4v) is 3.42. The summed E-state index contributed by atoms with van der Waals surface area (Å²) in [5.74, 6) is 0. The number of aliphatic imine (C=N–C) groups is 1. The van der Waals surface area contributed by atoms with Crippen LogP contribution in [0.25, 0.3) is 0 Å². The molecule has 2 heterocycles. The van der Waals surface area contributed by atoms with Crippen LogP contribution >= 0.6 is 15.9 Å². The van der Waals surface area contributed by atoms with Crippen molar-refractivity contribution in [2.24, 2.45) is 4.99 Å². The van der Waals surface area contributed by atoms with Crippen LogP contribution in [0.3, 0.4) is 0 Å². The maximum atomic E-state index is 12.5. The van der Waals surface area contributed by atoms with E-state index in [9.17, 15) is 4.79 Å². The zero-order valence-electron chi connectivity index (χ0n) is 14.4. The molecule has 0 spiro atoms. The Morgan fingerprint density at radius 3 is 2.67 bits per heavy atom. The molecule has 1 aromatic rings. The highest BCUT2D eigenvalue weighted by Gasteiger charge is 2.35. The molecular formula is C19H23BrN2O2. The molecule has 2 aliphatic heterocycles. The van der Waals surface area contributed by atoms with Crippen LogP contribution < -0.4 is 0 Å². The molecule has 0 bridgehead atoms. The van der Waals surface area contributed by atoms with E-state index in [4.69, 9.17) is 4.74 Å². The minimum absolute atomic E-state index is 0.108. The number of carbonyl (C=O) groups is 1. The van der Waals surface area contributed by atoms with Crippen molar-refractivity contribution in [2.75, 3.05) is 6.54 Å². The van der Waals surface area contributed by atoms with Crippen LogP contribution in [0.4, 0.5) is 4.79 Å². The zero-order valence-corrected chi connectivity index (χ0v) is 16.0. The monoisotopic (exact) mass is 390 g/mol. The highest BCUT2D eigenvalue weighted by Crippen LogP contribution is 2.31. The number of halogens is 1. The second-order valence-corrected chi connectivity index (χ2v) is 8.21. The molecule has 24 heavy (non-hydrogen) atoms. The van der Waals surface area contributed by atoms with E-state index >= 15 is 0 Å². The van der Waals surface area contributed by atoms with E-state index in [-0.39, 0.29) is 12.1 Å². The quantitative estimate of drug-likeness (QED) is 0.718. The number of ether oxygens (including phenoxy) is 1. The van der Waals surface area contributed by atoms with Crippen LogP contribution in [0.2, 0.25) is 0 Å². The highest BCUT2D eigenvalue weighted by molar-refractivity contribution is 9.10. The molecule has 2 aliphatic rings. The Labute approximate surface area is 151 Å². The van der Waals surface area contributed by atoms with Crippen LogP contribution in [-0.2, 0) is 4.74 Å². The van der Waals surface area contributed by atoms with Gasteiger partial charge < -0.3 is 9.64 Å². The predicted molar refractivity (Wildman–Crippen MR) is 99.3 cm³/mol. The number of benzene rings is 1. The maximum Gasteiger partial charge on any atom is 0.410 e. The van der Waals surface area contributed by atoms with Crippen molar-refractivity contribution in [1.29, 1.82) is 0 Å². The number of carbonyl (C=O) groups excluding carboxylic acids is 1. The second kappa shape index (κ2) is 6.71. The van der Waals surface area contributed by atoms with Crippen LogP contribution in [0.15, 0.2) is 45.5 Å². The molecule has 1 amide bonds. The van der Waals surface area contributed by atoms with Gasteiger partial charge in [-0.1, -0.05) is 28.1 Å². The number of hydrogen-bond acceptors (Lipinski definition) is 3. The van der Waals surface area contributed by atoms with E-state index in [0.717, 1.165) is 41.6 Å². The Hall–Kier alpha value is -1.62. The average molecular weight is 391 g/mol. The van der Waals surface area contributed by atoms with Gasteiger partial charge in [-0.25, -0.2) is 4.79 Å². The maximum absolute atomic E-state index is 12.5. The first-order valence-corrected chi connectivity index (χ1v) is 9.14. The predicted octanol–water partition coefficient (Wildman–Crippen LogP) is 4.93. The SMILES string of the molecule is CC(C)(C)OC(=O)N1CCCC1C1=CN=C(c2ccc(Br)cc2)C1. The number of amides is 1. The lowest BCUT2D eigenvalue weighted by Crippen LogP contribution is -2.40. The molecule has 4 nitrogen and oxygen atoms in total. The van der Waals surface area contributed by atoms with Gasteiger partial charge in [-0.2, -0.15) is 0 Å². The third-order valence-corrected chi connectivity index (χ3v) is 4.77. The summed E-state index contributed by atoms with van der Waals surface area (Å²) in [6, 6.07) is 8.30. The van der Waals surface area contributed by atoms with Gasteiger partial charge in [-0.05, 0) is 56.9 Å². The van der Waals surface area contributed by atoms with Gasteiger partial charge in [0.2, 0.25) is 0 Å². The summed E-state index contributed by atoms with van der Waals surface area (Å²) >= 11 is 3.46. The Morgan fingerprint density at radius 2 is 2.00 bits per heavy atom. The molecule has 1 fully saturated rings. The van der Waals surface area contributed by atoms with E-state index in [0.29, 0.717) is 0 Å². The molecule has 5 heteroatoms. The lowest BCUT2D eigenvalue weighted by molar-refractivity contribution is 0.0248. The fourth-order valence-electron chi connectivity index (χ4n) is 3.16. The summed E-state index contributed by atoms with van der Waals surface area (Å²) in [7, 11) is 0. The van der Waals surface area contributed by atoms with Gasteiger partial charge in [-0.3, -0.25) is 4.99 Å². The van der Waals surface area contributed by atoms with Gasteiger partial charge >= 0.3 is 6.09 Å². The molecule has 3 rings (SSSR count). The minimum atomic E-state index is -0.465. The van der Waals surface area contributed by atoms with Crippen LogP contribution in [-0.4, -0.2) is 34.9 Å². The van der Waals surface area contributed by atoms with Gasteiger partial charge in [0.15, 0.2) is 0 Å². The summed E-state index contributed by atoms with van der Waals surface area (Å²) in [6.07, 6.45) is 4.50. The van der Waals surface area contributed by atoms with Crippen LogP contribution in [0.1, 0.15) is 45.6 Å². The Morgan fingerprint density at radius 1 is 1.29 bits per heavy atom. The molecule has 1 atom stereocenters. The highest BCUT2D eigenvalue weighted by atomic mass is 79.9. The lowest BCUT2D eigenvalue weighted by atomic mass is 9.98. The average Bonchev–Trinajstić information content (AvgIpc) is 3.15. The summed E-state index contributed by atoms with van der Waals surface area (Å²) < 4.78 is 6.61. The molecule has 1 saturated heterocycles. The van der Waals surface area contributed by atoms with E-state index in [2.05, 4.69) is 33.1 Å². The van der Waals surface area contributed by atoms with Crippen molar-refractivity contribution < 1.29 is 9.53 Å². The minimum Gasteiger partial charge on any atom is -0.444 e. The third-order valence-electron chi connectivity index (χ3n) is 4.24. The van der Waals surface area contributed by atoms with Crippen molar-refractivity contribution in [2.45, 2.75) is 51.7 Å². The van der Waals surface area contributed by atoms with E-state index < -0.39 is 5.60 Å². The topological polar surface area (TPSA) is 41.9 Å². The smallest absolute Gasteiger partial charge is 0.410 e. The van der Waals surface area contributed by atoms with E-state index in [1.807, 2.05) is 44.0 Å². The van der Waals surface area contributed by atoms with Crippen LogP contribution in [0, 0.1) is 0 Å². The zero-order chi connectivity index (χ0) is 17.3. The summed E-state index contributed by atoms with van der Waals surface area (Å²) in [5.41, 5.74) is 2.93. The molecule has 1 unspecified atom stereocenters. The molecule has 1 aromatic carbocycles. The van der Waals surface area contributed by atoms with Gasteiger partial charge in [0.1, 0.15) is 5.60 Å². The van der Waals surface area contributed by atoms with Crippen molar-refractivity contribution in [3.05, 3.63) is 46.1 Å². The summed E-state index contributed by atoms with van der Waals surface area (Å²) in [4.78, 5) is 18.9. The summed E-state index contributed by atoms with van der Waals surface area (Å²) in [5, 5.41) is 0. The van der Waals surface area contributed by atoms with Crippen molar-refractivity contribution in [1.82, 2.24) is 4.90 Å². The fraction of sp³-hybridized carbons (Fsp3) is 0.474. The first kappa shape index (κ1) is 17.2. The largest absolute Gasteiger partial charge is 0.444 e. The lowest BCUT2D eigenvalue weighted by Gasteiger charge is -2.29. The van der Waals surface area contributed by atoms with Gasteiger partial charge in [0.25, 0.3) is 0 Å². The molecular weight excluding hydrogens is 368 g/mol. The van der Waals surface area contributed by atoms with Crippen molar-refractivity contribution in [3.63, 3.8) is 0 Å². The Balaban J connectivity index is 1.67. The summed E-state index contributed by atoms with van der Waals surface area (Å²) in [6.45, 7) is 6.46. The molecule has 0 N–H and O–H groups in total. The Bertz CT molecular complexity index is 686. The molecule has 0 radical (unpaired) electrons. The first-order valence-electron chi connectivity index (χ1n) is 8.35. The molecule has 128 valence electrons. The van der Waals surface area contributed by atoms with Crippen molar-refractivity contribution in [3.8, 4) is 0 Å². The normalized spacial score (nSPS) is 20.8.